The minimum Gasteiger partial charge on any atom is -0.594 e. The van der Waals surface area contributed by atoms with Crippen LogP contribution in [-0.4, -0.2) is 4.86 Å². The number of nitrogens with zero attached hydrogens (tertiary/aromatic N) is 1. The third kappa shape index (κ3) is 1.13. The average molecular weight is 136 g/mol. The first-order valence-electron chi connectivity index (χ1n) is 2.96. The van der Waals surface area contributed by atoms with Crippen LogP contribution in [0.3, 0.4) is 0 Å². The predicted octanol–water partition coefficient (Wildman–Crippen LogP) is 2.17. The molecule has 3 nitrogen and oxygen atoms in total. The molecule has 0 heterocycles. The van der Waals surface area contributed by atoms with E-state index in [0.717, 1.165) is 5.56 Å². The summed E-state index contributed by atoms with van der Waals surface area (Å²) >= 11 is 0. The van der Waals surface area contributed by atoms with Gasteiger partial charge in [0.05, 0.1) is 0 Å². The molecule has 0 aromatic heterocycles. The molecule has 1 aromatic carbocycles. The molecule has 0 atom stereocenters. The smallest absolute Gasteiger partial charge is 0.247 e. The number of rotatable bonds is 1. The zero-order valence-electron chi connectivity index (χ0n) is 5.66. The van der Waals surface area contributed by atoms with Crippen molar-refractivity contribution < 1.29 is 4.86 Å². The molecular formula is C7H8N2O. The van der Waals surface area contributed by atoms with Gasteiger partial charge in [-0.05, 0) is 12.5 Å². The van der Waals surface area contributed by atoms with Crippen molar-refractivity contribution in [2.45, 2.75) is 6.92 Å². The third-order valence-corrected chi connectivity index (χ3v) is 1.33. The van der Waals surface area contributed by atoms with E-state index >= 15 is 0 Å². The lowest BCUT2D eigenvalue weighted by molar-refractivity contribution is -0.466. The highest BCUT2D eigenvalue weighted by molar-refractivity contribution is 5.37. The first kappa shape index (κ1) is 6.74. The van der Waals surface area contributed by atoms with Gasteiger partial charge in [-0.2, -0.15) is 0 Å². The largest absolute Gasteiger partial charge is 0.594 e. The van der Waals surface area contributed by atoms with E-state index in [0.29, 0.717) is 5.69 Å². The molecular weight excluding hydrogens is 128 g/mol. The monoisotopic (exact) mass is 136 g/mol. The topological polar surface area (TPSA) is 49.9 Å². The summed E-state index contributed by atoms with van der Waals surface area (Å²) in [5.74, 6) is 0. The fourth-order valence-electron chi connectivity index (χ4n) is 0.791. The molecule has 1 rings (SSSR count). The molecule has 52 valence electrons. The molecule has 0 aliphatic heterocycles. The molecule has 1 aromatic rings. The summed E-state index contributed by atoms with van der Waals surface area (Å²) in [7, 11) is 0. The minimum absolute atomic E-state index is 0.120. The van der Waals surface area contributed by atoms with E-state index in [4.69, 9.17) is 5.53 Å². The van der Waals surface area contributed by atoms with Crippen molar-refractivity contribution in [2.75, 3.05) is 0 Å². The van der Waals surface area contributed by atoms with Crippen LogP contribution in [0.4, 0.5) is 5.69 Å². The Kier molecular flexibility index (Phi) is 1.67. The highest BCUT2D eigenvalue weighted by atomic mass is 16.5. The van der Waals surface area contributed by atoms with Gasteiger partial charge in [0.25, 0.3) is 0 Å². The maximum absolute atomic E-state index is 10.4. The number of hydrogen-bond donors (Lipinski definition) is 1. The highest BCUT2D eigenvalue weighted by Gasteiger charge is 2.02. The Morgan fingerprint density at radius 1 is 1.40 bits per heavy atom. The highest BCUT2D eigenvalue weighted by Crippen LogP contribution is 2.14. The van der Waals surface area contributed by atoms with Gasteiger partial charge in [-0.15, -0.1) is 0 Å². The Labute approximate surface area is 59.0 Å². The summed E-state index contributed by atoms with van der Waals surface area (Å²) in [6, 6.07) is 6.99. The van der Waals surface area contributed by atoms with Crippen LogP contribution in [-0.2, 0) is 0 Å². The summed E-state index contributed by atoms with van der Waals surface area (Å²) in [4.78, 5) is 0.120. The molecule has 10 heavy (non-hydrogen) atoms. The Balaban J connectivity index is 3.15. The molecule has 0 aliphatic carbocycles. The summed E-state index contributed by atoms with van der Waals surface area (Å²) in [5.41, 5.74) is 7.97. The van der Waals surface area contributed by atoms with Gasteiger partial charge in [-0.1, -0.05) is 23.1 Å². The maximum Gasteiger partial charge on any atom is 0.247 e. The van der Waals surface area contributed by atoms with Crippen LogP contribution in [0.5, 0.6) is 0 Å². The molecule has 0 fully saturated rings. The second-order valence-electron chi connectivity index (χ2n) is 2.08. The maximum atomic E-state index is 10.4. The van der Waals surface area contributed by atoms with Crippen LogP contribution in [0.15, 0.2) is 24.3 Å². The van der Waals surface area contributed by atoms with Crippen molar-refractivity contribution >= 4 is 5.69 Å². The zero-order valence-corrected chi connectivity index (χ0v) is 5.66. The van der Waals surface area contributed by atoms with E-state index in [-0.39, 0.29) is 4.86 Å². The molecule has 0 amide bonds. The first-order chi connectivity index (χ1) is 4.72. The second-order valence-corrected chi connectivity index (χ2v) is 2.08. The van der Waals surface area contributed by atoms with Crippen molar-refractivity contribution in [3.8, 4) is 0 Å². The Morgan fingerprint density at radius 2 is 2.00 bits per heavy atom. The predicted molar refractivity (Wildman–Crippen MR) is 37.2 cm³/mol. The molecule has 0 saturated heterocycles. The SMILES string of the molecule is Cc1ccccc1[N+](=N)[O-]. The van der Waals surface area contributed by atoms with Crippen molar-refractivity contribution in [1.82, 2.24) is 0 Å². The van der Waals surface area contributed by atoms with Crippen molar-refractivity contribution in [2.24, 2.45) is 0 Å². The standard InChI is InChI=1S/C7H8N2O/c1-6-4-2-3-5-7(6)9(8)10/h2-5,8H,1H3. The third-order valence-electron chi connectivity index (χ3n) is 1.33. The fraction of sp³-hybridized carbons (Fsp3) is 0.143. The van der Waals surface area contributed by atoms with Gasteiger partial charge in [0.2, 0.25) is 5.69 Å². The van der Waals surface area contributed by atoms with Crippen LogP contribution < -0.4 is 0 Å². The van der Waals surface area contributed by atoms with E-state index in [9.17, 15) is 5.21 Å². The van der Waals surface area contributed by atoms with E-state index in [1.165, 1.54) is 0 Å². The van der Waals surface area contributed by atoms with Crippen LogP contribution in [0.2, 0.25) is 0 Å². The van der Waals surface area contributed by atoms with Crippen LogP contribution in [0.25, 0.3) is 0 Å². The number of aryl methyl sites for hydroxylation is 1. The lowest BCUT2D eigenvalue weighted by atomic mass is 10.2. The molecule has 3 heteroatoms. The molecule has 0 unspecified atom stereocenters. The van der Waals surface area contributed by atoms with Crippen LogP contribution in [0, 0.1) is 17.7 Å². The van der Waals surface area contributed by atoms with E-state index in [1.807, 2.05) is 6.07 Å². The second kappa shape index (κ2) is 2.47. The summed E-state index contributed by atoms with van der Waals surface area (Å²) in [6.07, 6.45) is 0. The van der Waals surface area contributed by atoms with Gasteiger partial charge < -0.3 is 5.21 Å². The Hall–Kier alpha value is -1.38. The minimum atomic E-state index is 0.120. The average Bonchev–Trinajstić information content (AvgIpc) is 1.88. The Morgan fingerprint density at radius 3 is 2.40 bits per heavy atom. The quantitative estimate of drug-likeness (QED) is 0.359. The fourth-order valence-corrected chi connectivity index (χ4v) is 0.791. The molecule has 0 radical (unpaired) electrons. The van der Waals surface area contributed by atoms with Gasteiger partial charge >= 0.3 is 0 Å². The molecule has 0 saturated carbocycles. The number of hydrogen-bond acceptors (Lipinski definition) is 2. The van der Waals surface area contributed by atoms with Crippen molar-refractivity contribution in [3.05, 3.63) is 35.0 Å². The van der Waals surface area contributed by atoms with Gasteiger partial charge in [0.1, 0.15) is 0 Å². The summed E-state index contributed by atoms with van der Waals surface area (Å²) < 4.78 is 0. The normalized spacial score (nSPS) is 9.30. The molecule has 0 aliphatic rings. The summed E-state index contributed by atoms with van der Waals surface area (Å²) in [5, 5.41) is 10.4. The van der Waals surface area contributed by atoms with E-state index < -0.39 is 0 Å². The van der Waals surface area contributed by atoms with Crippen LogP contribution in [0.1, 0.15) is 5.56 Å². The van der Waals surface area contributed by atoms with Crippen LogP contribution >= 0.6 is 0 Å². The summed E-state index contributed by atoms with van der Waals surface area (Å²) in [6.45, 7) is 1.80. The van der Waals surface area contributed by atoms with E-state index in [2.05, 4.69) is 0 Å². The first-order valence-corrected chi connectivity index (χ1v) is 2.96. The van der Waals surface area contributed by atoms with Gasteiger partial charge in [0.15, 0.2) is 0 Å². The lowest BCUT2D eigenvalue weighted by Gasteiger charge is -1.98. The van der Waals surface area contributed by atoms with Crippen molar-refractivity contribution in [1.29, 1.82) is 5.53 Å². The van der Waals surface area contributed by atoms with E-state index in [1.54, 1.807) is 25.1 Å². The zero-order chi connectivity index (χ0) is 7.56. The van der Waals surface area contributed by atoms with Gasteiger partial charge in [0, 0.05) is 11.6 Å². The van der Waals surface area contributed by atoms with Crippen molar-refractivity contribution in [3.63, 3.8) is 0 Å². The molecule has 0 bridgehead atoms. The van der Waals surface area contributed by atoms with Gasteiger partial charge in [-0.25, -0.2) is 0 Å². The molecule has 0 spiro atoms. The lowest BCUT2D eigenvalue weighted by Crippen LogP contribution is -1.89. The van der Waals surface area contributed by atoms with Gasteiger partial charge in [-0.3, -0.25) is 0 Å². The molecule has 1 N–H and O–H groups in total. The Bertz CT molecular complexity index is 258. The number of para-hydroxylation sites is 1. The number of nitrogens with one attached hydrogen (secondary N) is 1. The number of benzene rings is 1.